The normalized spacial score (nSPS) is 10.5. The fourth-order valence-corrected chi connectivity index (χ4v) is 1.39. The van der Waals surface area contributed by atoms with Gasteiger partial charge in [-0.1, -0.05) is 0 Å². The SMILES string of the molecule is CNc1cc(Cc2ccc(CN)o2)[nH]n1. The molecule has 0 atom stereocenters. The number of aromatic amines is 1. The molecule has 2 aromatic heterocycles. The summed E-state index contributed by atoms with van der Waals surface area (Å²) in [4.78, 5) is 0. The van der Waals surface area contributed by atoms with E-state index in [4.69, 9.17) is 10.2 Å². The molecule has 0 radical (unpaired) electrons. The van der Waals surface area contributed by atoms with Crippen LogP contribution in [0.25, 0.3) is 0 Å². The van der Waals surface area contributed by atoms with Crippen LogP contribution in [0.15, 0.2) is 22.6 Å². The highest BCUT2D eigenvalue weighted by Gasteiger charge is 2.04. The maximum atomic E-state index is 5.49. The summed E-state index contributed by atoms with van der Waals surface area (Å²) < 4.78 is 5.49. The smallest absolute Gasteiger partial charge is 0.147 e. The van der Waals surface area contributed by atoms with Crippen LogP contribution in [0.1, 0.15) is 17.2 Å². The van der Waals surface area contributed by atoms with Crippen molar-refractivity contribution in [2.24, 2.45) is 5.73 Å². The minimum atomic E-state index is 0.435. The molecule has 0 unspecified atom stereocenters. The molecular weight excluding hydrogens is 192 g/mol. The molecule has 5 heteroatoms. The molecule has 15 heavy (non-hydrogen) atoms. The van der Waals surface area contributed by atoms with Crippen molar-refractivity contribution in [3.05, 3.63) is 35.4 Å². The van der Waals surface area contributed by atoms with Crippen molar-refractivity contribution in [2.45, 2.75) is 13.0 Å². The number of nitrogens with zero attached hydrogens (tertiary/aromatic N) is 1. The average Bonchev–Trinajstić information content (AvgIpc) is 2.87. The Morgan fingerprint density at radius 3 is 2.87 bits per heavy atom. The van der Waals surface area contributed by atoms with E-state index >= 15 is 0 Å². The number of aromatic nitrogens is 2. The van der Waals surface area contributed by atoms with Gasteiger partial charge in [0.15, 0.2) is 0 Å². The van der Waals surface area contributed by atoms with Gasteiger partial charge in [-0.2, -0.15) is 5.10 Å². The van der Waals surface area contributed by atoms with Gasteiger partial charge in [0.2, 0.25) is 0 Å². The number of nitrogens with two attached hydrogens (primary N) is 1. The summed E-state index contributed by atoms with van der Waals surface area (Å²) in [6.45, 7) is 0.435. The summed E-state index contributed by atoms with van der Waals surface area (Å²) in [6.07, 6.45) is 0.703. The average molecular weight is 206 g/mol. The van der Waals surface area contributed by atoms with E-state index in [1.807, 2.05) is 25.2 Å². The fourth-order valence-electron chi connectivity index (χ4n) is 1.39. The molecule has 0 saturated carbocycles. The third kappa shape index (κ3) is 2.19. The Labute approximate surface area is 87.7 Å². The zero-order valence-corrected chi connectivity index (χ0v) is 8.58. The lowest BCUT2D eigenvalue weighted by Crippen LogP contribution is -1.93. The van der Waals surface area contributed by atoms with Crippen LogP contribution >= 0.6 is 0 Å². The topological polar surface area (TPSA) is 79.9 Å². The first kappa shape index (κ1) is 9.79. The molecule has 80 valence electrons. The predicted octanol–water partition coefficient (Wildman–Crippen LogP) is 1.09. The Morgan fingerprint density at radius 2 is 2.27 bits per heavy atom. The minimum Gasteiger partial charge on any atom is -0.464 e. The monoisotopic (exact) mass is 206 g/mol. The predicted molar refractivity (Wildman–Crippen MR) is 57.5 cm³/mol. The number of hydrogen-bond acceptors (Lipinski definition) is 4. The third-order valence-electron chi connectivity index (χ3n) is 2.17. The lowest BCUT2D eigenvalue weighted by molar-refractivity contribution is 0.474. The van der Waals surface area contributed by atoms with Crippen molar-refractivity contribution in [2.75, 3.05) is 12.4 Å². The highest BCUT2D eigenvalue weighted by Crippen LogP contribution is 2.13. The Kier molecular flexibility index (Phi) is 2.73. The molecule has 0 aliphatic carbocycles. The van der Waals surface area contributed by atoms with Gasteiger partial charge in [0, 0.05) is 25.2 Å². The van der Waals surface area contributed by atoms with Crippen LogP contribution in [0.5, 0.6) is 0 Å². The van der Waals surface area contributed by atoms with E-state index in [0.717, 1.165) is 23.0 Å². The van der Waals surface area contributed by atoms with Crippen LogP contribution in [-0.2, 0) is 13.0 Å². The van der Waals surface area contributed by atoms with Gasteiger partial charge in [-0.25, -0.2) is 0 Å². The minimum absolute atomic E-state index is 0.435. The number of anilines is 1. The summed E-state index contributed by atoms with van der Waals surface area (Å²) in [5.74, 6) is 2.52. The lowest BCUT2D eigenvalue weighted by Gasteiger charge is -1.92. The number of furan rings is 1. The molecule has 0 bridgehead atoms. The number of H-pyrrole nitrogens is 1. The van der Waals surface area contributed by atoms with Crippen molar-refractivity contribution < 1.29 is 4.42 Å². The fraction of sp³-hybridized carbons (Fsp3) is 0.300. The van der Waals surface area contributed by atoms with Crippen LogP contribution in [0.3, 0.4) is 0 Å². The maximum absolute atomic E-state index is 5.49. The van der Waals surface area contributed by atoms with Gasteiger partial charge in [0.05, 0.1) is 6.54 Å². The maximum Gasteiger partial charge on any atom is 0.147 e. The van der Waals surface area contributed by atoms with Gasteiger partial charge in [-0.05, 0) is 12.1 Å². The van der Waals surface area contributed by atoms with Crippen LogP contribution in [0.4, 0.5) is 5.82 Å². The first-order valence-electron chi connectivity index (χ1n) is 4.81. The summed E-state index contributed by atoms with van der Waals surface area (Å²) in [6, 6.07) is 5.78. The lowest BCUT2D eigenvalue weighted by atomic mass is 10.2. The summed E-state index contributed by atoms with van der Waals surface area (Å²) in [5.41, 5.74) is 6.47. The number of hydrogen-bond donors (Lipinski definition) is 3. The molecule has 0 aromatic carbocycles. The van der Waals surface area contributed by atoms with E-state index in [2.05, 4.69) is 15.5 Å². The van der Waals surface area contributed by atoms with Crippen molar-refractivity contribution >= 4 is 5.82 Å². The summed E-state index contributed by atoms with van der Waals surface area (Å²) in [5, 5.41) is 9.94. The first-order chi connectivity index (χ1) is 7.31. The first-order valence-corrected chi connectivity index (χ1v) is 4.81. The van der Waals surface area contributed by atoms with Gasteiger partial charge in [-0.15, -0.1) is 0 Å². The van der Waals surface area contributed by atoms with E-state index < -0.39 is 0 Å². The molecule has 5 nitrogen and oxygen atoms in total. The van der Waals surface area contributed by atoms with Crippen molar-refractivity contribution in [3.8, 4) is 0 Å². The van der Waals surface area contributed by atoms with Crippen molar-refractivity contribution in [1.82, 2.24) is 10.2 Å². The summed E-state index contributed by atoms with van der Waals surface area (Å²) in [7, 11) is 1.83. The van der Waals surface area contributed by atoms with Crippen LogP contribution in [0, 0.1) is 0 Å². The van der Waals surface area contributed by atoms with Gasteiger partial charge in [0.25, 0.3) is 0 Å². The van der Waals surface area contributed by atoms with Crippen molar-refractivity contribution in [3.63, 3.8) is 0 Å². The zero-order chi connectivity index (χ0) is 10.7. The van der Waals surface area contributed by atoms with Crippen molar-refractivity contribution in [1.29, 1.82) is 0 Å². The van der Waals surface area contributed by atoms with Crippen LogP contribution in [-0.4, -0.2) is 17.2 Å². The van der Waals surface area contributed by atoms with Crippen LogP contribution in [0.2, 0.25) is 0 Å². The Morgan fingerprint density at radius 1 is 1.47 bits per heavy atom. The molecule has 0 amide bonds. The molecule has 2 aromatic rings. The quantitative estimate of drug-likeness (QED) is 0.699. The number of rotatable bonds is 4. The van der Waals surface area contributed by atoms with E-state index in [1.165, 1.54) is 0 Å². The van der Waals surface area contributed by atoms with E-state index in [0.29, 0.717) is 13.0 Å². The zero-order valence-electron chi connectivity index (χ0n) is 8.58. The molecule has 2 heterocycles. The molecule has 0 fully saturated rings. The molecular formula is C10H14N4O. The highest BCUT2D eigenvalue weighted by atomic mass is 16.3. The Hall–Kier alpha value is -1.75. The third-order valence-corrected chi connectivity index (χ3v) is 2.17. The van der Waals surface area contributed by atoms with E-state index in [-0.39, 0.29) is 0 Å². The second kappa shape index (κ2) is 4.18. The Balaban J connectivity index is 2.07. The summed E-state index contributed by atoms with van der Waals surface area (Å²) >= 11 is 0. The molecule has 2 rings (SSSR count). The molecule has 0 spiro atoms. The second-order valence-corrected chi connectivity index (χ2v) is 3.28. The number of nitrogens with one attached hydrogen (secondary N) is 2. The standard InChI is InChI=1S/C10H14N4O/c1-12-10-5-7(13-14-10)4-8-2-3-9(6-11)15-8/h2-3,5H,4,6,11H2,1H3,(H2,12,13,14). The van der Waals surface area contributed by atoms with Gasteiger partial charge >= 0.3 is 0 Å². The van der Waals surface area contributed by atoms with E-state index in [1.54, 1.807) is 0 Å². The second-order valence-electron chi connectivity index (χ2n) is 3.28. The molecule has 0 saturated heterocycles. The molecule has 4 N–H and O–H groups in total. The Bertz CT molecular complexity index is 392. The largest absolute Gasteiger partial charge is 0.464 e. The van der Waals surface area contributed by atoms with Gasteiger partial charge in [0.1, 0.15) is 17.3 Å². The van der Waals surface area contributed by atoms with Gasteiger partial charge in [-0.3, -0.25) is 5.10 Å². The van der Waals surface area contributed by atoms with Gasteiger partial charge < -0.3 is 15.5 Å². The molecule has 0 aliphatic rings. The van der Waals surface area contributed by atoms with E-state index in [9.17, 15) is 0 Å². The highest BCUT2D eigenvalue weighted by molar-refractivity contribution is 5.35. The molecule has 0 aliphatic heterocycles. The van der Waals surface area contributed by atoms with Crippen LogP contribution < -0.4 is 11.1 Å².